The molecule has 1 amide bonds. The van der Waals surface area contributed by atoms with Crippen LogP contribution in [-0.2, 0) is 16.1 Å². The van der Waals surface area contributed by atoms with E-state index in [0.717, 1.165) is 25.7 Å². The van der Waals surface area contributed by atoms with Gasteiger partial charge in [-0.05, 0) is 24.8 Å². The van der Waals surface area contributed by atoms with Gasteiger partial charge in [-0.3, -0.25) is 4.79 Å². The van der Waals surface area contributed by atoms with Gasteiger partial charge in [0.2, 0.25) is 0 Å². The Morgan fingerprint density at radius 1 is 1.48 bits per heavy atom. The third kappa shape index (κ3) is 4.01. The lowest BCUT2D eigenvalue weighted by molar-refractivity contribution is 0.0911. The number of aryl methyl sites for hydroxylation is 1. The molecule has 0 saturated heterocycles. The van der Waals surface area contributed by atoms with E-state index in [1.165, 1.54) is 23.3 Å². The Balaban J connectivity index is 2.08. The highest BCUT2D eigenvalue weighted by Crippen LogP contribution is 2.27. The molecule has 118 valence electrons. The van der Waals surface area contributed by atoms with Gasteiger partial charge in [-0.25, -0.2) is 8.42 Å². The number of amides is 1. The van der Waals surface area contributed by atoms with E-state index in [0.29, 0.717) is 11.6 Å². The Kier molecular flexibility index (Phi) is 4.99. The van der Waals surface area contributed by atoms with Gasteiger partial charge < -0.3 is 9.88 Å². The second kappa shape index (κ2) is 6.40. The maximum atomic E-state index is 12.3. The van der Waals surface area contributed by atoms with Crippen molar-refractivity contribution >= 4 is 25.6 Å². The number of rotatable bonds is 4. The zero-order valence-corrected chi connectivity index (χ0v) is 13.9. The Bertz CT molecular complexity index is 624. The summed E-state index contributed by atoms with van der Waals surface area (Å²) in [4.78, 5) is 12.2. The molecule has 0 aliphatic heterocycles. The minimum Gasteiger partial charge on any atom is -0.348 e. The number of halogens is 1. The molecule has 21 heavy (non-hydrogen) atoms. The van der Waals surface area contributed by atoms with E-state index in [4.69, 9.17) is 10.7 Å². The molecule has 0 aromatic carbocycles. The van der Waals surface area contributed by atoms with E-state index in [1.807, 2.05) is 0 Å². The molecular weight excluding hydrogens is 312 g/mol. The third-order valence-corrected chi connectivity index (χ3v) is 5.51. The highest BCUT2D eigenvalue weighted by Gasteiger charge is 2.24. The first-order chi connectivity index (χ1) is 9.81. The van der Waals surface area contributed by atoms with Gasteiger partial charge in [0.05, 0.1) is 0 Å². The summed E-state index contributed by atoms with van der Waals surface area (Å²) in [6, 6.07) is 1.49. The smallest absolute Gasteiger partial charge is 0.268 e. The van der Waals surface area contributed by atoms with Crippen LogP contribution in [0.5, 0.6) is 0 Å². The van der Waals surface area contributed by atoms with Gasteiger partial charge in [-0.1, -0.05) is 26.2 Å². The van der Waals surface area contributed by atoms with Crippen molar-refractivity contribution in [1.29, 1.82) is 0 Å². The maximum Gasteiger partial charge on any atom is 0.268 e. The Morgan fingerprint density at radius 2 is 2.19 bits per heavy atom. The molecule has 7 heteroatoms. The molecule has 2 unspecified atom stereocenters. The second-order valence-corrected chi connectivity index (χ2v) is 8.29. The number of carbonyl (C=O) groups is 1. The van der Waals surface area contributed by atoms with E-state index < -0.39 is 9.05 Å². The minimum atomic E-state index is -3.81. The van der Waals surface area contributed by atoms with Crippen LogP contribution < -0.4 is 5.32 Å². The first kappa shape index (κ1) is 16.4. The van der Waals surface area contributed by atoms with Gasteiger partial charge in [0.1, 0.15) is 10.6 Å². The number of nitrogens with zero attached hydrogens (tertiary/aromatic N) is 1. The van der Waals surface area contributed by atoms with Crippen molar-refractivity contribution in [3.8, 4) is 0 Å². The predicted molar refractivity (Wildman–Crippen MR) is 82.0 cm³/mol. The van der Waals surface area contributed by atoms with Gasteiger partial charge in [0, 0.05) is 30.0 Å². The second-order valence-electron chi connectivity index (χ2n) is 5.72. The summed E-state index contributed by atoms with van der Waals surface area (Å²) in [6.07, 6.45) is 6.80. The van der Waals surface area contributed by atoms with Crippen molar-refractivity contribution in [3.63, 3.8) is 0 Å². The van der Waals surface area contributed by atoms with Gasteiger partial charge in [-0.2, -0.15) is 0 Å². The van der Waals surface area contributed by atoms with Crippen LogP contribution in [0, 0.1) is 5.92 Å². The van der Waals surface area contributed by atoms with Crippen molar-refractivity contribution in [2.45, 2.75) is 50.0 Å². The van der Waals surface area contributed by atoms with Crippen LogP contribution in [0.2, 0.25) is 0 Å². The monoisotopic (exact) mass is 332 g/mol. The molecule has 2 atom stereocenters. The quantitative estimate of drug-likeness (QED) is 0.862. The fraction of sp³-hybridized carbons (Fsp3) is 0.643. The number of hydrogen-bond acceptors (Lipinski definition) is 3. The Labute approximate surface area is 130 Å². The average Bonchev–Trinajstić information content (AvgIpc) is 2.81. The van der Waals surface area contributed by atoms with E-state index in [1.54, 1.807) is 7.05 Å². The van der Waals surface area contributed by atoms with Crippen LogP contribution in [0.1, 0.15) is 49.5 Å². The molecule has 0 radical (unpaired) electrons. The van der Waals surface area contributed by atoms with Gasteiger partial charge >= 0.3 is 0 Å². The minimum absolute atomic E-state index is 0.0492. The molecule has 1 saturated carbocycles. The zero-order chi connectivity index (χ0) is 15.6. The van der Waals surface area contributed by atoms with Gasteiger partial charge in [-0.15, -0.1) is 0 Å². The van der Waals surface area contributed by atoms with Crippen molar-refractivity contribution < 1.29 is 13.2 Å². The molecule has 1 heterocycles. The predicted octanol–water partition coefficient (Wildman–Crippen LogP) is 2.65. The van der Waals surface area contributed by atoms with Crippen LogP contribution >= 0.6 is 10.7 Å². The van der Waals surface area contributed by atoms with Crippen LogP contribution in [0.25, 0.3) is 0 Å². The first-order valence-corrected chi connectivity index (χ1v) is 9.54. The van der Waals surface area contributed by atoms with Crippen molar-refractivity contribution in [3.05, 3.63) is 18.0 Å². The number of nitrogens with one attached hydrogen (secondary N) is 1. The van der Waals surface area contributed by atoms with Crippen LogP contribution in [-0.4, -0.2) is 24.9 Å². The third-order valence-electron chi connectivity index (χ3n) is 4.19. The summed E-state index contributed by atoms with van der Waals surface area (Å²) in [5.74, 6) is 0.419. The molecule has 1 aromatic rings. The molecule has 1 N–H and O–H groups in total. The van der Waals surface area contributed by atoms with E-state index in [-0.39, 0.29) is 16.8 Å². The summed E-state index contributed by atoms with van der Waals surface area (Å²) in [6.45, 7) is 2.17. The first-order valence-electron chi connectivity index (χ1n) is 7.23. The van der Waals surface area contributed by atoms with E-state index >= 15 is 0 Å². The largest absolute Gasteiger partial charge is 0.348 e. The SMILES string of the molecule is CCC1CCCC(NC(=O)c2cc(S(=O)(=O)Cl)cn2C)C1. The lowest BCUT2D eigenvalue weighted by Gasteiger charge is -2.29. The number of aromatic nitrogens is 1. The standard InChI is InChI=1S/C14H21ClN2O3S/c1-3-10-5-4-6-11(7-10)16-14(18)13-8-12(9-17(13)2)21(15,19)20/h8-11H,3-7H2,1-2H3,(H,16,18). The molecule has 0 bridgehead atoms. The van der Waals surface area contributed by atoms with Crippen molar-refractivity contribution in [2.24, 2.45) is 13.0 Å². The maximum absolute atomic E-state index is 12.3. The number of hydrogen-bond donors (Lipinski definition) is 1. The molecule has 1 aliphatic carbocycles. The summed E-state index contributed by atoms with van der Waals surface area (Å²) in [5.41, 5.74) is 0.313. The van der Waals surface area contributed by atoms with Crippen molar-refractivity contribution in [2.75, 3.05) is 0 Å². The Morgan fingerprint density at radius 3 is 2.76 bits per heavy atom. The highest BCUT2D eigenvalue weighted by atomic mass is 35.7. The lowest BCUT2D eigenvalue weighted by Crippen LogP contribution is -2.39. The van der Waals surface area contributed by atoms with Crippen LogP contribution in [0.4, 0.5) is 0 Å². The van der Waals surface area contributed by atoms with Gasteiger partial charge in [0.25, 0.3) is 15.0 Å². The fourth-order valence-electron chi connectivity index (χ4n) is 2.95. The Hall–Kier alpha value is -1.01. The number of carbonyl (C=O) groups excluding carboxylic acids is 1. The molecule has 2 rings (SSSR count). The summed E-state index contributed by atoms with van der Waals surface area (Å²) in [7, 11) is 3.13. The van der Waals surface area contributed by atoms with E-state index in [2.05, 4.69) is 12.2 Å². The molecule has 0 spiro atoms. The normalized spacial score (nSPS) is 23.0. The topological polar surface area (TPSA) is 68.2 Å². The average molecular weight is 333 g/mol. The highest BCUT2D eigenvalue weighted by molar-refractivity contribution is 8.13. The van der Waals surface area contributed by atoms with Crippen molar-refractivity contribution in [1.82, 2.24) is 9.88 Å². The molecule has 1 aliphatic rings. The van der Waals surface area contributed by atoms with Crippen LogP contribution in [0.3, 0.4) is 0 Å². The fourth-order valence-corrected chi connectivity index (χ4v) is 3.74. The molecule has 1 aromatic heterocycles. The summed E-state index contributed by atoms with van der Waals surface area (Å²) >= 11 is 0. The van der Waals surface area contributed by atoms with Gasteiger partial charge in [0.15, 0.2) is 0 Å². The summed E-state index contributed by atoms with van der Waals surface area (Å²) in [5, 5.41) is 3.01. The van der Waals surface area contributed by atoms with Crippen LogP contribution in [0.15, 0.2) is 17.2 Å². The lowest BCUT2D eigenvalue weighted by atomic mass is 9.84. The van der Waals surface area contributed by atoms with E-state index in [9.17, 15) is 13.2 Å². The molecule has 5 nitrogen and oxygen atoms in total. The molecular formula is C14H21ClN2O3S. The molecule has 1 fully saturated rings. The summed E-state index contributed by atoms with van der Waals surface area (Å²) < 4.78 is 24.1. The zero-order valence-electron chi connectivity index (χ0n) is 12.3.